The number of halogens is 4. The van der Waals surface area contributed by atoms with Crippen molar-refractivity contribution in [2.45, 2.75) is 23.2 Å². The molecule has 4 aromatic rings. The van der Waals surface area contributed by atoms with Crippen LogP contribution in [0.1, 0.15) is 28.4 Å². The van der Waals surface area contributed by atoms with Gasteiger partial charge in [-0.25, -0.2) is 0 Å². The molecule has 0 saturated carbocycles. The first kappa shape index (κ1) is 31.6. The highest BCUT2D eigenvalue weighted by Gasteiger charge is 2.34. The summed E-state index contributed by atoms with van der Waals surface area (Å²) in [6.07, 6.45) is -3.04. The van der Waals surface area contributed by atoms with Gasteiger partial charge in [-0.15, -0.1) is 11.8 Å². The van der Waals surface area contributed by atoms with Crippen LogP contribution in [0.25, 0.3) is 6.08 Å². The van der Waals surface area contributed by atoms with Crippen molar-refractivity contribution in [3.05, 3.63) is 130 Å². The van der Waals surface area contributed by atoms with Gasteiger partial charge in [0.2, 0.25) is 5.91 Å². The first-order chi connectivity index (χ1) is 20.5. The average Bonchev–Trinajstić information content (AvgIpc) is 2.98. The van der Waals surface area contributed by atoms with Crippen LogP contribution in [0.2, 0.25) is 0 Å². The Balaban J connectivity index is 1.43. The van der Waals surface area contributed by atoms with Crippen molar-refractivity contribution in [3.63, 3.8) is 0 Å². The van der Waals surface area contributed by atoms with E-state index in [1.54, 1.807) is 85.8 Å². The molecule has 0 heterocycles. The Bertz CT molecular complexity index is 1650. The number of thioether (sulfide) groups is 1. The smallest absolute Gasteiger partial charge is 0.325 e. The number of para-hydroxylation sites is 1. The quantitative estimate of drug-likeness (QED) is 0.125. The molecule has 4 aromatic carbocycles. The molecule has 0 aliphatic rings. The standard InChI is InChI=1S/C32H25BrF3N3O3S/c1-20(29(40)38-27-13-6-5-12-26(27)32(34,35)36)43-25-16-14-24(15-17-25)37-31(42)28(19-21-8-7-11-23(33)18-21)39-30(41)22-9-3-2-4-10-22/h2-20H,1H3,(H,37,42)(H,38,40)(H,39,41)/b28-19-. The molecule has 43 heavy (non-hydrogen) atoms. The molecule has 3 N–H and O–H groups in total. The molecule has 0 bridgehead atoms. The van der Waals surface area contributed by atoms with E-state index in [-0.39, 0.29) is 11.4 Å². The van der Waals surface area contributed by atoms with Crippen LogP contribution in [0.15, 0.2) is 118 Å². The zero-order valence-electron chi connectivity index (χ0n) is 22.6. The van der Waals surface area contributed by atoms with Crippen LogP contribution in [-0.4, -0.2) is 23.0 Å². The maximum atomic E-state index is 13.3. The van der Waals surface area contributed by atoms with E-state index in [0.29, 0.717) is 21.7 Å². The van der Waals surface area contributed by atoms with Gasteiger partial charge in [-0.3, -0.25) is 14.4 Å². The highest BCUT2D eigenvalue weighted by molar-refractivity contribution is 9.10. The van der Waals surface area contributed by atoms with Crippen LogP contribution in [-0.2, 0) is 15.8 Å². The van der Waals surface area contributed by atoms with Crippen molar-refractivity contribution in [2.24, 2.45) is 0 Å². The Kier molecular flexibility index (Phi) is 10.4. The number of hydrogen-bond acceptors (Lipinski definition) is 4. The number of amides is 3. The van der Waals surface area contributed by atoms with Gasteiger partial charge < -0.3 is 16.0 Å². The van der Waals surface area contributed by atoms with Gasteiger partial charge in [0.25, 0.3) is 11.8 Å². The van der Waals surface area contributed by atoms with Gasteiger partial charge in [-0.1, -0.05) is 58.4 Å². The molecule has 1 atom stereocenters. The van der Waals surface area contributed by atoms with Crippen molar-refractivity contribution >= 4 is 62.9 Å². The second kappa shape index (κ2) is 14.2. The molecule has 3 amide bonds. The molecular formula is C32H25BrF3N3O3S. The third-order valence-corrected chi connectivity index (χ3v) is 7.58. The summed E-state index contributed by atoms with van der Waals surface area (Å²) < 4.78 is 40.6. The van der Waals surface area contributed by atoms with Gasteiger partial charge in [0.15, 0.2) is 0 Å². The number of alkyl halides is 3. The molecule has 0 spiro atoms. The fraction of sp³-hybridized carbons (Fsp3) is 0.0938. The fourth-order valence-electron chi connectivity index (χ4n) is 3.85. The Hall–Kier alpha value is -4.35. The first-order valence-electron chi connectivity index (χ1n) is 12.9. The lowest BCUT2D eigenvalue weighted by Crippen LogP contribution is -2.30. The summed E-state index contributed by atoms with van der Waals surface area (Å²) >= 11 is 4.55. The van der Waals surface area contributed by atoms with Gasteiger partial charge in [0.05, 0.1) is 16.5 Å². The van der Waals surface area contributed by atoms with Crippen LogP contribution in [0.4, 0.5) is 24.5 Å². The van der Waals surface area contributed by atoms with Gasteiger partial charge in [-0.05, 0) is 79.2 Å². The molecule has 0 radical (unpaired) electrons. The maximum Gasteiger partial charge on any atom is 0.418 e. The van der Waals surface area contributed by atoms with Crippen LogP contribution in [0, 0.1) is 0 Å². The monoisotopic (exact) mass is 667 g/mol. The van der Waals surface area contributed by atoms with E-state index in [2.05, 4.69) is 31.9 Å². The van der Waals surface area contributed by atoms with Gasteiger partial charge >= 0.3 is 6.18 Å². The lowest BCUT2D eigenvalue weighted by molar-refractivity contribution is -0.137. The van der Waals surface area contributed by atoms with Gasteiger partial charge in [0.1, 0.15) is 5.70 Å². The number of anilines is 2. The number of benzene rings is 4. The highest BCUT2D eigenvalue weighted by atomic mass is 79.9. The lowest BCUT2D eigenvalue weighted by Gasteiger charge is -2.16. The van der Waals surface area contributed by atoms with Crippen LogP contribution < -0.4 is 16.0 Å². The molecule has 0 fully saturated rings. The van der Waals surface area contributed by atoms with Crippen molar-refractivity contribution < 1.29 is 27.6 Å². The van der Waals surface area contributed by atoms with E-state index >= 15 is 0 Å². The van der Waals surface area contributed by atoms with E-state index < -0.39 is 34.7 Å². The number of carbonyl (C=O) groups excluding carboxylic acids is 3. The van der Waals surface area contributed by atoms with Crippen molar-refractivity contribution in [2.75, 3.05) is 10.6 Å². The van der Waals surface area contributed by atoms with Gasteiger partial charge in [-0.2, -0.15) is 13.2 Å². The Morgan fingerprint density at radius 2 is 1.51 bits per heavy atom. The molecule has 0 aromatic heterocycles. The summed E-state index contributed by atoms with van der Waals surface area (Å²) in [4.78, 5) is 39.4. The second-order valence-electron chi connectivity index (χ2n) is 9.20. The molecule has 0 aliphatic carbocycles. The van der Waals surface area contributed by atoms with E-state index in [4.69, 9.17) is 0 Å². The molecule has 0 aliphatic heterocycles. The summed E-state index contributed by atoms with van der Waals surface area (Å²) in [5.41, 5.74) is 0.293. The molecule has 220 valence electrons. The minimum atomic E-state index is -4.60. The number of carbonyl (C=O) groups is 3. The number of hydrogen-bond donors (Lipinski definition) is 3. The Morgan fingerprint density at radius 1 is 0.837 bits per heavy atom. The summed E-state index contributed by atoms with van der Waals surface area (Å²) in [5.74, 6) is -1.59. The SMILES string of the molecule is CC(Sc1ccc(NC(=O)/C(=C/c2cccc(Br)c2)NC(=O)c2ccccc2)cc1)C(=O)Nc1ccccc1C(F)(F)F. The number of nitrogens with one attached hydrogen (secondary N) is 3. The van der Waals surface area contributed by atoms with Crippen molar-refractivity contribution in [3.8, 4) is 0 Å². The van der Waals surface area contributed by atoms with E-state index in [9.17, 15) is 27.6 Å². The molecule has 1 unspecified atom stereocenters. The van der Waals surface area contributed by atoms with Crippen molar-refractivity contribution in [1.29, 1.82) is 0 Å². The first-order valence-corrected chi connectivity index (χ1v) is 14.6. The van der Waals surface area contributed by atoms with E-state index in [0.717, 1.165) is 22.3 Å². The molecule has 0 saturated heterocycles. The summed E-state index contributed by atoms with van der Waals surface area (Å²) in [5, 5.41) is 7.09. The zero-order chi connectivity index (χ0) is 31.0. The Morgan fingerprint density at radius 3 is 2.19 bits per heavy atom. The summed E-state index contributed by atoms with van der Waals surface area (Å²) in [6.45, 7) is 1.58. The maximum absolute atomic E-state index is 13.3. The lowest BCUT2D eigenvalue weighted by atomic mass is 10.1. The molecular weight excluding hydrogens is 643 g/mol. The normalized spacial score (nSPS) is 12.3. The summed E-state index contributed by atoms with van der Waals surface area (Å²) in [7, 11) is 0. The molecule has 4 rings (SSSR count). The largest absolute Gasteiger partial charge is 0.418 e. The third-order valence-electron chi connectivity index (χ3n) is 5.97. The topological polar surface area (TPSA) is 87.3 Å². The van der Waals surface area contributed by atoms with Crippen LogP contribution in [0.5, 0.6) is 0 Å². The van der Waals surface area contributed by atoms with Crippen LogP contribution >= 0.6 is 27.7 Å². The minimum Gasteiger partial charge on any atom is -0.325 e. The number of rotatable bonds is 9. The summed E-state index contributed by atoms with van der Waals surface area (Å²) in [6, 6.07) is 27.1. The predicted molar refractivity (Wildman–Crippen MR) is 166 cm³/mol. The highest BCUT2D eigenvalue weighted by Crippen LogP contribution is 2.35. The van der Waals surface area contributed by atoms with E-state index in [1.807, 2.05) is 6.07 Å². The zero-order valence-corrected chi connectivity index (χ0v) is 25.0. The molecule has 6 nitrogen and oxygen atoms in total. The predicted octanol–water partition coefficient (Wildman–Crippen LogP) is 8.00. The van der Waals surface area contributed by atoms with E-state index in [1.165, 1.54) is 18.2 Å². The van der Waals surface area contributed by atoms with Crippen molar-refractivity contribution in [1.82, 2.24) is 5.32 Å². The Labute approximate surface area is 258 Å². The second-order valence-corrected chi connectivity index (χ2v) is 11.5. The van der Waals surface area contributed by atoms with Crippen LogP contribution in [0.3, 0.4) is 0 Å². The molecule has 11 heteroatoms. The van der Waals surface area contributed by atoms with Gasteiger partial charge in [0, 0.05) is 20.6 Å². The minimum absolute atomic E-state index is 0.0230. The average molecular weight is 669 g/mol. The fourth-order valence-corrected chi connectivity index (χ4v) is 5.14. The third kappa shape index (κ3) is 9.07.